The highest BCUT2D eigenvalue weighted by Crippen LogP contribution is 2.15. The predicted octanol–water partition coefficient (Wildman–Crippen LogP) is 5.23. The third kappa shape index (κ3) is 5.19. The topological polar surface area (TPSA) is 0 Å². The Hall–Kier alpha value is -0.870. The molecule has 0 saturated heterocycles. The van der Waals surface area contributed by atoms with Crippen molar-refractivity contribution in [1.82, 2.24) is 0 Å². The summed E-state index contributed by atoms with van der Waals surface area (Å²) in [6.45, 7) is 8.68. The maximum absolute atomic E-state index is 3.31. The summed E-state index contributed by atoms with van der Waals surface area (Å²) >= 11 is 1.76. The van der Waals surface area contributed by atoms with Crippen LogP contribution in [0.3, 0.4) is 0 Å². The monoisotopic (exact) mass is 260 g/mol. The Bertz CT molecular complexity index is 412. The van der Waals surface area contributed by atoms with Gasteiger partial charge in [0.1, 0.15) is 0 Å². The molecule has 0 N–H and O–H groups in total. The molecule has 98 valence electrons. The second-order valence-electron chi connectivity index (χ2n) is 4.91. The minimum atomic E-state index is 1.16. The van der Waals surface area contributed by atoms with Gasteiger partial charge in [-0.3, -0.25) is 0 Å². The van der Waals surface area contributed by atoms with E-state index in [0.29, 0.717) is 0 Å². The molecule has 0 aliphatic rings. The van der Waals surface area contributed by atoms with Crippen molar-refractivity contribution < 1.29 is 0 Å². The molecule has 0 spiro atoms. The van der Waals surface area contributed by atoms with Crippen LogP contribution in [0.2, 0.25) is 0 Å². The highest BCUT2D eigenvalue weighted by Gasteiger charge is 2.00. The van der Waals surface area contributed by atoms with E-state index >= 15 is 0 Å². The zero-order chi connectivity index (χ0) is 13.4. The van der Waals surface area contributed by atoms with E-state index in [4.69, 9.17) is 0 Å². The lowest BCUT2D eigenvalue weighted by molar-refractivity contribution is 0.707. The first-order chi connectivity index (χ1) is 8.65. The van der Waals surface area contributed by atoms with Gasteiger partial charge < -0.3 is 0 Å². The van der Waals surface area contributed by atoms with Gasteiger partial charge in [0.15, 0.2) is 0 Å². The molecule has 1 aromatic rings. The van der Waals surface area contributed by atoms with Crippen LogP contribution in [0, 0.1) is 31.9 Å². The van der Waals surface area contributed by atoms with E-state index in [2.05, 4.69) is 51.0 Å². The van der Waals surface area contributed by atoms with Crippen LogP contribution in [0.25, 0.3) is 0 Å². The summed E-state index contributed by atoms with van der Waals surface area (Å²) in [7, 11) is 0. The smallest absolute Gasteiger partial charge is 0.0312 e. The first-order valence-electron chi connectivity index (χ1n) is 6.85. The van der Waals surface area contributed by atoms with Gasteiger partial charge in [0.05, 0.1) is 0 Å². The van der Waals surface area contributed by atoms with Gasteiger partial charge in [-0.1, -0.05) is 61.6 Å². The second kappa shape index (κ2) is 8.27. The van der Waals surface area contributed by atoms with Crippen molar-refractivity contribution in [3.63, 3.8) is 0 Å². The predicted molar refractivity (Wildman–Crippen MR) is 84.1 cm³/mol. The molecule has 18 heavy (non-hydrogen) atoms. The van der Waals surface area contributed by atoms with Gasteiger partial charge >= 0.3 is 0 Å². The number of thioether (sulfide) groups is 1. The first kappa shape index (κ1) is 15.2. The molecule has 1 rings (SSSR count). The van der Waals surface area contributed by atoms with Crippen molar-refractivity contribution in [2.75, 3.05) is 5.75 Å². The summed E-state index contributed by atoms with van der Waals surface area (Å²) in [6, 6.07) is 4.42. The van der Waals surface area contributed by atoms with Gasteiger partial charge in [0, 0.05) is 11.3 Å². The fourth-order valence-electron chi connectivity index (χ4n) is 2.12. The molecule has 0 aliphatic carbocycles. The Morgan fingerprint density at radius 2 is 1.67 bits per heavy atom. The zero-order valence-electron chi connectivity index (χ0n) is 12.1. The van der Waals surface area contributed by atoms with Gasteiger partial charge in [-0.05, 0) is 43.6 Å². The van der Waals surface area contributed by atoms with Crippen LogP contribution in [0.5, 0.6) is 0 Å². The molecule has 0 heterocycles. The molecular formula is C17H24S. The number of rotatable bonds is 5. The van der Waals surface area contributed by atoms with Gasteiger partial charge in [0.2, 0.25) is 0 Å². The molecule has 0 atom stereocenters. The van der Waals surface area contributed by atoms with E-state index in [0.717, 1.165) is 5.75 Å². The molecule has 0 radical (unpaired) electrons. The molecule has 1 heteroatoms. The van der Waals surface area contributed by atoms with E-state index in [9.17, 15) is 0 Å². The summed E-state index contributed by atoms with van der Waals surface area (Å²) in [6.07, 6.45) is 5.29. The maximum atomic E-state index is 3.31. The Morgan fingerprint density at radius 1 is 1.00 bits per heavy atom. The van der Waals surface area contributed by atoms with E-state index in [-0.39, 0.29) is 0 Å². The number of benzene rings is 1. The number of unbranched alkanes of at least 4 members (excludes halogenated alkanes) is 3. The molecule has 0 unspecified atom stereocenters. The number of hydrogen-bond acceptors (Lipinski definition) is 1. The van der Waals surface area contributed by atoms with Crippen LogP contribution in [0.4, 0.5) is 0 Å². The Balaban J connectivity index is 2.48. The van der Waals surface area contributed by atoms with Crippen LogP contribution in [-0.2, 0) is 0 Å². The van der Waals surface area contributed by atoms with Gasteiger partial charge in [-0.15, -0.1) is 0 Å². The molecule has 0 nitrogen and oxygen atoms in total. The summed E-state index contributed by atoms with van der Waals surface area (Å²) in [5, 5.41) is 3.25. The minimum absolute atomic E-state index is 1.16. The minimum Gasteiger partial charge on any atom is -0.0747 e. The quantitative estimate of drug-likeness (QED) is 0.515. The average molecular weight is 260 g/mol. The van der Waals surface area contributed by atoms with Crippen molar-refractivity contribution in [2.24, 2.45) is 0 Å². The first-order valence-corrected chi connectivity index (χ1v) is 7.84. The Labute approximate surface area is 117 Å². The fourth-order valence-corrected chi connectivity index (χ4v) is 2.74. The van der Waals surface area contributed by atoms with Crippen molar-refractivity contribution in [1.29, 1.82) is 0 Å². The largest absolute Gasteiger partial charge is 0.0747 e. The van der Waals surface area contributed by atoms with Crippen LogP contribution in [-0.4, -0.2) is 5.75 Å². The van der Waals surface area contributed by atoms with Crippen molar-refractivity contribution in [3.05, 3.63) is 34.4 Å². The van der Waals surface area contributed by atoms with E-state index in [1.807, 2.05) is 0 Å². The Morgan fingerprint density at radius 3 is 2.28 bits per heavy atom. The maximum Gasteiger partial charge on any atom is 0.0312 e. The number of aryl methyl sites for hydroxylation is 3. The normalized spacial score (nSPS) is 10.0. The molecule has 0 amide bonds. The highest BCUT2D eigenvalue weighted by molar-refractivity contribution is 8.03. The molecule has 0 fully saturated rings. The molecule has 0 bridgehead atoms. The van der Waals surface area contributed by atoms with Gasteiger partial charge in [-0.25, -0.2) is 0 Å². The molecular weight excluding hydrogens is 236 g/mol. The SMILES string of the molecule is CCCCCCSC#Cc1c(C)cc(C)cc1C. The highest BCUT2D eigenvalue weighted by atomic mass is 32.2. The van der Waals surface area contributed by atoms with E-state index < -0.39 is 0 Å². The molecule has 1 aromatic carbocycles. The summed E-state index contributed by atoms with van der Waals surface area (Å²) < 4.78 is 0. The summed E-state index contributed by atoms with van der Waals surface area (Å²) in [4.78, 5) is 0. The molecule has 0 aromatic heterocycles. The summed E-state index contributed by atoms with van der Waals surface area (Å²) in [5.74, 6) is 4.48. The van der Waals surface area contributed by atoms with Crippen LogP contribution in [0.15, 0.2) is 12.1 Å². The van der Waals surface area contributed by atoms with Gasteiger partial charge in [0.25, 0.3) is 0 Å². The third-order valence-corrected chi connectivity index (χ3v) is 3.76. The zero-order valence-corrected chi connectivity index (χ0v) is 12.9. The lowest BCUT2D eigenvalue weighted by atomic mass is 10.0. The molecule has 0 saturated carbocycles. The Kier molecular flexibility index (Phi) is 6.98. The third-order valence-electron chi connectivity index (χ3n) is 3.03. The van der Waals surface area contributed by atoms with Crippen molar-refractivity contribution in [3.8, 4) is 11.2 Å². The fraction of sp³-hybridized carbons (Fsp3) is 0.529. The van der Waals surface area contributed by atoms with Crippen LogP contribution >= 0.6 is 11.8 Å². The van der Waals surface area contributed by atoms with E-state index in [1.165, 1.54) is 47.9 Å². The van der Waals surface area contributed by atoms with Gasteiger partial charge in [-0.2, -0.15) is 0 Å². The van der Waals surface area contributed by atoms with Crippen molar-refractivity contribution in [2.45, 2.75) is 53.4 Å². The van der Waals surface area contributed by atoms with E-state index in [1.54, 1.807) is 11.8 Å². The van der Waals surface area contributed by atoms with Crippen LogP contribution in [0.1, 0.15) is 54.9 Å². The number of hydrogen-bond donors (Lipinski definition) is 0. The van der Waals surface area contributed by atoms with Crippen molar-refractivity contribution >= 4 is 11.8 Å². The van der Waals surface area contributed by atoms with Crippen LogP contribution < -0.4 is 0 Å². The average Bonchev–Trinajstić information content (AvgIpc) is 2.30. The second-order valence-corrected chi connectivity index (χ2v) is 5.81. The summed E-state index contributed by atoms with van der Waals surface area (Å²) in [5.41, 5.74) is 5.13. The molecule has 0 aliphatic heterocycles. The lowest BCUT2D eigenvalue weighted by Crippen LogP contribution is -1.89. The standard InChI is InChI=1S/C17H24S/c1-5-6-7-8-10-18-11-9-17-15(3)12-14(2)13-16(17)4/h12-13H,5-8,10H2,1-4H3. The lowest BCUT2D eigenvalue weighted by Gasteiger charge is -2.04.